The van der Waals surface area contributed by atoms with E-state index in [1.807, 2.05) is 54.6 Å². The van der Waals surface area contributed by atoms with Gasteiger partial charge in [0.05, 0.1) is 45.6 Å². The molecule has 45 heavy (non-hydrogen) atoms. The number of halogens is 3. The number of hydrogen-bond acceptors (Lipinski definition) is 7. The fraction of sp³-hybridized carbons (Fsp3) is 0.353. The first-order valence-corrected chi connectivity index (χ1v) is 16.8. The molecule has 1 amide bonds. The molecule has 7 nitrogen and oxygen atoms in total. The molecule has 1 aliphatic rings. The fourth-order valence-corrected chi connectivity index (χ4v) is 7.58. The largest absolute Gasteiger partial charge is 0.394 e. The minimum Gasteiger partial charge on any atom is -0.394 e. The summed E-state index contributed by atoms with van der Waals surface area (Å²) in [5.74, 6) is -0.209. The Labute approximate surface area is 282 Å². The lowest BCUT2D eigenvalue weighted by Crippen LogP contribution is -2.50. The van der Waals surface area contributed by atoms with Gasteiger partial charge in [0.2, 0.25) is 0 Å². The zero-order valence-electron chi connectivity index (χ0n) is 24.6. The highest BCUT2D eigenvalue weighted by molar-refractivity contribution is 7.16. The number of nitriles is 1. The van der Waals surface area contributed by atoms with E-state index < -0.39 is 6.10 Å². The lowest BCUT2D eigenvalue weighted by atomic mass is 9.94. The average molecular weight is 686 g/mol. The van der Waals surface area contributed by atoms with E-state index in [4.69, 9.17) is 34.8 Å². The fourth-order valence-electron chi connectivity index (χ4n) is 6.02. The van der Waals surface area contributed by atoms with Crippen LogP contribution in [0.15, 0.2) is 66.7 Å². The molecule has 1 fully saturated rings. The molecule has 0 saturated carbocycles. The molecule has 3 N–H and O–H groups in total. The van der Waals surface area contributed by atoms with E-state index in [2.05, 4.69) is 21.2 Å². The second-order valence-electron chi connectivity index (χ2n) is 11.3. The summed E-state index contributed by atoms with van der Waals surface area (Å²) in [6.45, 7) is 3.94. The van der Waals surface area contributed by atoms with Gasteiger partial charge in [0.1, 0.15) is 0 Å². The molecule has 3 atom stereocenters. The highest BCUT2D eigenvalue weighted by Crippen LogP contribution is 2.34. The normalized spacial score (nSPS) is 16.3. The molecule has 3 unspecified atom stereocenters. The summed E-state index contributed by atoms with van der Waals surface area (Å²) in [4.78, 5) is 19.1. The van der Waals surface area contributed by atoms with Crippen molar-refractivity contribution < 1.29 is 15.0 Å². The molecule has 1 aliphatic heterocycles. The second-order valence-corrected chi connectivity index (χ2v) is 13.8. The predicted molar refractivity (Wildman–Crippen MR) is 183 cm³/mol. The van der Waals surface area contributed by atoms with Crippen LogP contribution in [-0.4, -0.2) is 77.9 Å². The van der Waals surface area contributed by atoms with Crippen LogP contribution < -0.4 is 5.32 Å². The maximum atomic E-state index is 13.6. The lowest BCUT2D eigenvalue weighted by Gasteiger charge is -2.40. The van der Waals surface area contributed by atoms with E-state index in [0.717, 1.165) is 65.9 Å². The van der Waals surface area contributed by atoms with E-state index in [1.54, 1.807) is 12.1 Å². The Morgan fingerprint density at radius 2 is 1.78 bits per heavy atom. The summed E-state index contributed by atoms with van der Waals surface area (Å²) in [5.41, 5.74) is 2.35. The van der Waals surface area contributed by atoms with Gasteiger partial charge >= 0.3 is 0 Å². The number of rotatable bonds is 12. The summed E-state index contributed by atoms with van der Waals surface area (Å²) in [5, 5.41) is 35.5. The van der Waals surface area contributed by atoms with E-state index >= 15 is 0 Å². The zero-order valence-corrected chi connectivity index (χ0v) is 27.7. The minimum absolute atomic E-state index is 0.0208. The van der Waals surface area contributed by atoms with Crippen LogP contribution in [0.3, 0.4) is 0 Å². The van der Waals surface area contributed by atoms with Crippen LogP contribution in [0.1, 0.15) is 44.7 Å². The number of nitrogens with zero attached hydrogens (tertiary/aromatic N) is 3. The molecule has 0 aliphatic carbocycles. The molecule has 3 aromatic carbocycles. The van der Waals surface area contributed by atoms with Gasteiger partial charge in [0, 0.05) is 49.1 Å². The Kier molecular flexibility index (Phi) is 11.8. The van der Waals surface area contributed by atoms with Gasteiger partial charge in [-0.15, -0.1) is 11.3 Å². The maximum absolute atomic E-state index is 13.6. The first kappa shape index (κ1) is 33.6. The van der Waals surface area contributed by atoms with Crippen molar-refractivity contribution in [3.63, 3.8) is 0 Å². The van der Waals surface area contributed by atoms with Crippen molar-refractivity contribution in [2.75, 3.05) is 45.9 Å². The average Bonchev–Trinajstić information content (AvgIpc) is 3.48. The molecule has 11 heteroatoms. The molecule has 236 valence electrons. The van der Waals surface area contributed by atoms with Crippen LogP contribution in [0.4, 0.5) is 0 Å². The summed E-state index contributed by atoms with van der Waals surface area (Å²) >= 11 is 20.2. The highest BCUT2D eigenvalue weighted by atomic mass is 35.5. The van der Waals surface area contributed by atoms with Gasteiger partial charge in [0.25, 0.3) is 5.91 Å². The number of aliphatic hydroxyl groups excluding tert-OH is 2. The number of aliphatic hydroxyl groups is 2. The quantitative estimate of drug-likeness (QED) is 0.157. The summed E-state index contributed by atoms with van der Waals surface area (Å²) in [6, 6.07) is 22.7. The molecular weight excluding hydrogens is 651 g/mol. The number of thiophene rings is 1. The Balaban J connectivity index is 1.27. The smallest absolute Gasteiger partial charge is 0.251 e. The monoisotopic (exact) mass is 684 g/mol. The van der Waals surface area contributed by atoms with Gasteiger partial charge in [-0.3, -0.25) is 9.69 Å². The van der Waals surface area contributed by atoms with Crippen molar-refractivity contribution in [1.29, 1.82) is 5.26 Å². The van der Waals surface area contributed by atoms with Crippen LogP contribution >= 0.6 is 46.1 Å². The molecule has 2 heterocycles. The molecule has 0 bridgehead atoms. The van der Waals surface area contributed by atoms with Crippen LogP contribution in [0.2, 0.25) is 14.4 Å². The van der Waals surface area contributed by atoms with Crippen LogP contribution in [0.25, 0.3) is 10.8 Å². The maximum Gasteiger partial charge on any atom is 0.251 e. The third-order valence-electron chi connectivity index (χ3n) is 8.40. The van der Waals surface area contributed by atoms with E-state index in [0.29, 0.717) is 26.5 Å². The molecule has 0 spiro atoms. The predicted octanol–water partition coefficient (Wildman–Crippen LogP) is 6.54. The summed E-state index contributed by atoms with van der Waals surface area (Å²) in [6.07, 6.45) is 0.105. The van der Waals surface area contributed by atoms with Gasteiger partial charge in [0.15, 0.2) is 0 Å². The molecular formula is C34H35Cl3N4O3S. The molecule has 5 rings (SSSR count). The lowest BCUT2D eigenvalue weighted by molar-refractivity contribution is -0.00837. The molecule has 0 radical (unpaired) electrons. The standard InChI is InChI=1S/C34H35Cl3N4O3S/c35-28-6-5-23(19-29(28)36)25(20-39-34(44)27-18-22(9-11-38)17-24-3-1-2-4-26(24)27)10-12-40-13-15-41(16-14-40)33(30(43)21-42)31-7-8-32(37)45-31/h1-8,17-19,25,30,33,42-43H,9-10,12-16,20-21H2,(H,39,44). The Hall–Kier alpha value is -2.71. The Morgan fingerprint density at radius 1 is 1.00 bits per heavy atom. The zero-order chi connectivity index (χ0) is 31.9. The van der Waals surface area contributed by atoms with Crippen molar-refractivity contribution in [3.05, 3.63) is 103 Å². The third kappa shape index (κ3) is 8.37. The first-order valence-electron chi connectivity index (χ1n) is 14.9. The van der Waals surface area contributed by atoms with Gasteiger partial charge in [-0.25, -0.2) is 0 Å². The van der Waals surface area contributed by atoms with E-state index in [9.17, 15) is 20.3 Å². The van der Waals surface area contributed by atoms with Crippen molar-refractivity contribution >= 4 is 62.8 Å². The van der Waals surface area contributed by atoms with Crippen molar-refractivity contribution in [2.45, 2.75) is 30.9 Å². The van der Waals surface area contributed by atoms with Crippen molar-refractivity contribution in [3.8, 4) is 6.07 Å². The van der Waals surface area contributed by atoms with E-state index in [-0.39, 0.29) is 30.9 Å². The van der Waals surface area contributed by atoms with Crippen LogP contribution in [-0.2, 0) is 6.42 Å². The minimum atomic E-state index is -0.897. The van der Waals surface area contributed by atoms with E-state index in [1.165, 1.54) is 11.3 Å². The summed E-state index contributed by atoms with van der Waals surface area (Å²) < 4.78 is 0.655. The third-order valence-corrected chi connectivity index (χ3v) is 10.4. The first-order chi connectivity index (χ1) is 21.8. The molecule has 4 aromatic rings. The van der Waals surface area contributed by atoms with Crippen LogP contribution in [0.5, 0.6) is 0 Å². The number of fused-ring (bicyclic) bond motifs is 1. The number of carbonyl (C=O) groups excluding carboxylic acids is 1. The topological polar surface area (TPSA) is 99.8 Å². The number of nitrogens with one attached hydrogen (secondary N) is 1. The van der Waals surface area contributed by atoms with Gasteiger partial charge in [-0.05, 0) is 65.2 Å². The Bertz CT molecular complexity index is 1670. The number of piperazine rings is 1. The number of amides is 1. The van der Waals surface area contributed by atoms with Crippen LogP contribution in [0, 0.1) is 11.3 Å². The number of carbonyl (C=O) groups is 1. The number of benzene rings is 3. The second kappa shape index (κ2) is 15.7. The SMILES string of the molecule is N#CCc1cc(C(=O)NCC(CCN2CCN(C(c3ccc(Cl)s3)C(O)CO)CC2)c2ccc(Cl)c(Cl)c2)c2ccccc2c1. The molecule has 1 aromatic heterocycles. The van der Waals surface area contributed by atoms with Crippen molar-refractivity contribution in [2.24, 2.45) is 0 Å². The molecule has 1 saturated heterocycles. The highest BCUT2D eigenvalue weighted by Gasteiger charge is 2.31. The van der Waals surface area contributed by atoms with Gasteiger partial charge in [-0.1, -0.05) is 71.2 Å². The van der Waals surface area contributed by atoms with Gasteiger partial charge in [-0.2, -0.15) is 5.26 Å². The Morgan fingerprint density at radius 3 is 2.47 bits per heavy atom. The van der Waals surface area contributed by atoms with Gasteiger partial charge < -0.3 is 20.4 Å². The van der Waals surface area contributed by atoms with Crippen molar-refractivity contribution in [1.82, 2.24) is 15.1 Å². The number of hydrogen-bond donors (Lipinski definition) is 3. The summed E-state index contributed by atoms with van der Waals surface area (Å²) in [7, 11) is 0.